The van der Waals surface area contributed by atoms with Crippen LogP contribution in [-0.4, -0.2) is 33.5 Å². The second-order valence-corrected chi connectivity index (χ2v) is 10.7. The van der Waals surface area contributed by atoms with Gasteiger partial charge in [-0.05, 0) is 48.5 Å². The number of hydrogen-bond acceptors (Lipinski definition) is 5. The Morgan fingerprint density at radius 1 is 1.13 bits per heavy atom. The summed E-state index contributed by atoms with van der Waals surface area (Å²) in [6, 6.07) is 12.2. The molecule has 202 valence electrons. The first-order valence-corrected chi connectivity index (χ1v) is 13.1. The van der Waals surface area contributed by atoms with Crippen molar-refractivity contribution in [3.8, 4) is 5.75 Å². The maximum Gasteiger partial charge on any atom is 0.416 e. The number of hydrogen-bond donors (Lipinski definition) is 2. The molecule has 1 atom stereocenters. The molecule has 7 nitrogen and oxygen atoms in total. The van der Waals surface area contributed by atoms with Gasteiger partial charge in [0.25, 0.3) is 10.0 Å². The number of sulfonamides is 1. The standard InChI is InChI=1S/C25H22ClF4N3O4S/c1-15(34)31-12-18-14-33(38(35,36)19-5-2-4-16(10-19)25(28,29)30)23-11-17(8-9-24(23)37-18)32-13-20-21(26)6-3-7-22(20)27/h2-11,18,32H,12-14H2,1H3,(H,31,34). The zero-order valence-corrected chi connectivity index (χ0v) is 21.4. The number of nitrogens with one attached hydrogen (secondary N) is 2. The summed E-state index contributed by atoms with van der Waals surface area (Å²) in [6.45, 7) is 0.952. The van der Waals surface area contributed by atoms with Gasteiger partial charge in [0, 0.05) is 29.7 Å². The topological polar surface area (TPSA) is 87.7 Å². The third-order valence-corrected chi connectivity index (χ3v) is 7.88. The lowest BCUT2D eigenvalue weighted by atomic mass is 10.1. The molecule has 4 rings (SSSR count). The van der Waals surface area contributed by atoms with Crippen molar-refractivity contribution in [2.45, 2.75) is 30.6 Å². The van der Waals surface area contributed by atoms with Crippen LogP contribution >= 0.6 is 11.6 Å². The summed E-state index contributed by atoms with van der Waals surface area (Å²) in [7, 11) is -4.50. The number of fused-ring (bicyclic) bond motifs is 1. The first kappa shape index (κ1) is 27.5. The Morgan fingerprint density at radius 3 is 2.55 bits per heavy atom. The van der Waals surface area contributed by atoms with Crippen molar-refractivity contribution in [2.24, 2.45) is 0 Å². The Hall–Kier alpha value is -3.51. The van der Waals surface area contributed by atoms with Gasteiger partial charge in [0.15, 0.2) is 0 Å². The number of rotatable bonds is 7. The van der Waals surface area contributed by atoms with E-state index in [9.17, 15) is 30.8 Å². The van der Waals surface area contributed by atoms with E-state index >= 15 is 0 Å². The van der Waals surface area contributed by atoms with Crippen LogP contribution in [0.5, 0.6) is 5.75 Å². The summed E-state index contributed by atoms with van der Waals surface area (Å²) in [6.07, 6.45) is -5.56. The number of carbonyl (C=O) groups excluding carboxylic acids is 1. The Labute approximate surface area is 221 Å². The van der Waals surface area contributed by atoms with E-state index in [1.807, 2.05) is 0 Å². The highest BCUT2D eigenvalue weighted by Crippen LogP contribution is 2.40. The molecule has 38 heavy (non-hydrogen) atoms. The van der Waals surface area contributed by atoms with E-state index in [0.29, 0.717) is 11.8 Å². The fourth-order valence-electron chi connectivity index (χ4n) is 3.87. The van der Waals surface area contributed by atoms with Crippen LogP contribution < -0.4 is 19.7 Å². The minimum atomic E-state index is -4.74. The molecule has 1 aliphatic heterocycles. The van der Waals surface area contributed by atoms with Crippen molar-refractivity contribution in [3.63, 3.8) is 0 Å². The van der Waals surface area contributed by atoms with Gasteiger partial charge in [-0.15, -0.1) is 0 Å². The van der Waals surface area contributed by atoms with Crippen molar-refractivity contribution in [2.75, 3.05) is 22.7 Å². The molecule has 0 radical (unpaired) electrons. The van der Waals surface area contributed by atoms with Crippen LogP contribution in [0, 0.1) is 5.82 Å². The van der Waals surface area contributed by atoms with Gasteiger partial charge in [-0.2, -0.15) is 13.2 Å². The first-order chi connectivity index (χ1) is 17.9. The molecule has 1 amide bonds. The number of anilines is 2. The van der Waals surface area contributed by atoms with Crippen LogP contribution in [0.1, 0.15) is 18.1 Å². The number of nitrogens with zero attached hydrogens (tertiary/aromatic N) is 1. The van der Waals surface area contributed by atoms with E-state index in [1.165, 1.54) is 37.3 Å². The van der Waals surface area contributed by atoms with Crippen molar-refractivity contribution < 1.29 is 35.5 Å². The molecular weight excluding hydrogens is 550 g/mol. The van der Waals surface area contributed by atoms with Crippen LogP contribution in [0.2, 0.25) is 5.02 Å². The van der Waals surface area contributed by atoms with E-state index in [0.717, 1.165) is 22.5 Å². The molecule has 1 aliphatic rings. The molecule has 0 saturated carbocycles. The Morgan fingerprint density at radius 2 is 1.87 bits per heavy atom. The molecule has 3 aromatic rings. The Kier molecular flexibility index (Phi) is 7.75. The summed E-state index contributed by atoms with van der Waals surface area (Å²) >= 11 is 6.08. The van der Waals surface area contributed by atoms with Gasteiger partial charge in [-0.25, -0.2) is 12.8 Å². The van der Waals surface area contributed by atoms with E-state index in [1.54, 1.807) is 6.07 Å². The Balaban J connectivity index is 1.71. The number of alkyl halides is 3. The molecule has 0 aliphatic carbocycles. The lowest BCUT2D eigenvalue weighted by Crippen LogP contribution is -2.48. The zero-order valence-electron chi connectivity index (χ0n) is 19.9. The van der Waals surface area contributed by atoms with Crippen LogP contribution in [0.4, 0.5) is 28.9 Å². The molecule has 1 heterocycles. The number of halogens is 5. The van der Waals surface area contributed by atoms with Gasteiger partial charge >= 0.3 is 6.18 Å². The van der Waals surface area contributed by atoms with Crippen LogP contribution in [0.25, 0.3) is 0 Å². The van der Waals surface area contributed by atoms with Crippen molar-refractivity contribution >= 4 is 38.9 Å². The smallest absolute Gasteiger partial charge is 0.416 e. The quantitative estimate of drug-likeness (QED) is 0.381. The van der Waals surface area contributed by atoms with E-state index in [2.05, 4.69) is 10.6 Å². The highest BCUT2D eigenvalue weighted by Gasteiger charge is 2.37. The lowest BCUT2D eigenvalue weighted by molar-refractivity contribution is -0.137. The first-order valence-electron chi connectivity index (χ1n) is 11.3. The fraction of sp³-hybridized carbons (Fsp3) is 0.240. The predicted molar refractivity (Wildman–Crippen MR) is 134 cm³/mol. The number of carbonyl (C=O) groups is 1. The largest absolute Gasteiger partial charge is 0.484 e. The van der Waals surface area contributed by atoms with Crippen LogP contribution in [-0.2, 0) is 27.5 Å². The molecule has 3 aromatic carbocycles. The number of amides is 1. The second-order valence-electron chi connectivity index (χ2n) is 8.47. The molecule has 13 heteroatoms. The zero-order chi connectivity index (χ0) is 27.7. The minimum Gasteiger partial charge on any atom is -0.484 e. The van der Waals surface area contributed by atoms with Gasteiger partial charge in [0.2, 0.25) is 5.91 Å². The van der Waals surface area contributed by atoms with Crippen molar-refractivity contribution in [1.82, 2.24) is 5.32 Å². The van der Waals surface area contributed by atoms with Gasteiger partial charge in [0.05, 0.1) is 29.2 Å². The summed E-state index contributed by atoms with van der Waals surface area (Å²) in [5, 5.41) is 5.73. The van der Waals surface area contributed by atoms with Crippen LogP contribution in [0.3, 0.4) is 0 Å². The number of benzene rings is 3. The van der Waals surface area contributed by atoms with Gasteiger partial charge < -0.3 is 15.4 Å². The Bertz CT molecular complexity index is 1450. The lowest BCUT2D eigenvalue weighted by Gasteiger charge is -2.36. The molecule has 0 spiro atoms. The monoisotopic (exact) mass is 571 g/mol. The molecule has 1 unspecified atom stereocenters. The maximum absolute atomic E-state index is 14.2. The van der Waals surface area contributed by atoms with Gasteiger partial charge in [0.1, 0.15) is 17.7 Å². The average molecular weight is 572 g/mol. The summed E-state index contributed by atoms with van der Waals surface area (Å²) in [5.74, 6) is -0.754. The molecule has 0 fully saturated rings. The average Bonchev–Trinajstić information content (AvgIpc) is 2.86. The maximum atomic E-state index is 14.2. The SMILES string of the molecule is CC(=O)NCC1CN(S(=O)(=O)c2cccc(C(F)(F)F)c2)c2cc(NCc3c(F)cccc3Cl)ccc2O1. The molecule has 0 bridgehead atoms. The van der Waals surface area contributed by atoms with E-state index < -0.39 is 38.6 Å². The summed E-state index contributed by atoms with van der Waals surface area (Å²) in [4.78, 5) is 10.8. The van der Waals surface area contributed by atoms with Crippen molar-refractivity contribution in [3.05, 3.63) is 82.6 Å². The van der Waals surface area contributed by atoms with Gasteiger partial charge in [-0.1, -0.05) is 23.7 Å². The second kappa shape index (κ2) is 10.7. The van der Waals surface area contributed by atoms with E-state index in [-0.39, 0.29) is 47.6 Å². The summed E-state index contributed by atoms with van der Waals surface area (Å²) < 4.78 is 88.1. The molecule has 0 aromatic heterocycles. The minimum absolute atomic E-state index is 0.0172. The van der Waals surface area contributed by atoms with Crippen LogP contribution in [0.15, 0.2) is 65.6 Å². The highest BCUT2D eigenvalue weighted by atomic mass is 35.5. The fourth-order valence-corrected chi connectivity index (χ4v) is 5.64. The number of ether oxygens (including phenoxy) is 1. The predicted octanol–water partition coefficient (Wildman–Crippen LogP) is 5.20. The molecule has 2 N–H and O–H groups in total. The highest BCUT2D eigenvalue weighted by molar-refractivity contribution is 7.92. The van der Waals surface area contributed by atoms with E-state index in [4.69, 9.17) is 16.3 Å². The third-order valence-electron chi connectivity index (χ3n) is 5.75. The molecular formula is C25H22ClF4N3O4S. The van der Waals surface area contributed by atoms with Crippen molar-refractivity contribution in [1.29, 1.82) is 0 Å². The third kappa shape index (κ3) is 5.97. The summed E-state index contributed by atoms with van der Waals surface area (Å²) in [5.41, 5.74) is -0.465. The normalized spacial score (nSPS) is 15.4. The van der Waals surface area contributed by atoms with Gasteiger partial charge in [-0.3, -0.25) is 9.10 Å². The molecule has 0 saturated heterocycles.